The third-order valence-electron chi connectivity index (χ3n) is 4.27. The third kappa shape index (κ3) is 4.26. The topological polar surface area (TPSA) is 70.2 Å². The lowest BCUT2D eigenvalue weighted by molar-refractivity contribution is -0.113. The third-order valence-corrected chi connectivity index (χ3v) is 4.83. The molecule has 27 heavy (non-hydrogen) atoms. The van der Waals surface area contributed by atoms with Crippen molar-refractivity contribution in [1.82, 2.24) is 10.6 Å². The van der Waals surface area contributed by atoms with Gasteiger partial charge in [0.05, 0.1) is 11.6 Å². The molecule has 140 valence electrons. The van der Waals surface area contributed by atoms with Gasteiger partial charge in [0.2, 0.25) is 0 Å². The average Bonchev–Trinajstić information content (AvgIpc) is 2.52. The minimum atomic E-state index is -0.686. The second-order valence-electron chi connectivity index (χ2n) is 6.57. The molecule has 3 amide bonds. The van der Waals surface area contributed by atoms with Crippen LogP contribution in [0, 0.1) is 13.8 Å². The van der Waals surface area contributed by atoms with Crippen LogP contribution < -0.4 is 16.0 Å². The molecule has 0 fully saturated rings. The smallest absolute Gasteiger partial charge is 0.319 e. The highest BCUT2D eigenvalue weighted by molar-refractivity contribution is 6.35. The largest absolute Gasteiger partial charge is 0.327 e. The summed E-state index contributed by atoms with van der Waals surface area (Å²) in [7, 11) is 0. The first-order valence-corrected chi connectivity index (χ1v) is 9.13. The molecule has 0 spiro atoms. The van der Waals surface area contributed by atoms with E-state index >= 15 is 0 Å². The van der Waals surface area contributed by atoms with Crippen LogP contribution in [0.2, 0.25) is 10.0 Å². The maximum atomic E-state index is 13.0. The van der Waals surface area contributed by atoms with Crippen molar-refractivity contribution < 1.29 is 9.59 Å². The number of carbonyl (C=O) groups is 2. The predicted octanol–water partition coefficient (Wildman–Crippen LogP) is 4.88. The summed E-state index contributed by atoms with van der Waals surface area (Å²) in [5.41, 5.74) is 4.23. The Morgan fingerprint density at radius 2 is 1.70 bits per heavy atom. The van der Waals surface area contributed by atoms with Crippen molar-refractivity contribution in [2.24, 2.45) is 0 Å². The van der Waals surface area contributed by atoms with E-state index in [1.165, 1.54) is 0 Å². The number of nitrogens with one attached hydrogen (secondary N) is 3. The average molecular weight is 404 g/mol. The summed E-state index contributed by atoms with van der Waals surface area (Å²) < 4.78 is 0. The molecule has 2 aromatic carbocycles. The molecule has 1 aliphatic rings. The van der Waals surface area contributed by atoms with Crippen molar-refractivity contribution in [1.29, 1.82) is 0 Å². The second kappa shape index (κ2) is 7.62. The van der Waals surface area contributed by atoms with E-state index in [4.69, 9.17) is 23.2 Å². The zero-order valence-electron chi connectivity index (χ0n) is 15.1. The van der Waals surface area contributed by atoms with Crippen molar-refractivity contribution in [3.05, 3.63) is 74.4 Å². The molecule has 0 saturated heterocycles. The van der Waals surface area contributed by atoms with E-state index in [1.54, 1.807) is 25.1 Å². The summed E-state index contributed by atoms with van der Waals surface area (Å²) in [6.07, 6.45) is 0. The molecule has 2 aromatic rings. The van der Waals surface area contributed by atoms with Crippen LogP contribution in [0.5, 0.6) is 0 Å². The zero-order valence-corrected chi connectivity index (χ0v) is 16.6. The Bertz CT molecular complexity index is 949. The van der Waals surface area contributed by atoms with Crippen LogP contribution in [-0.4, -0.2) is 11.9 Å². The highest BCUT2D eigenvalue weighted by Gasteiger charge is 2.32. The van der Waals surface area contributed by atoms with Gasteiger partial charge in [-0.1, -0.05) is 35.3 Å². The van der Waals surface area contributed by atoms with Gasteiger partial charge in [-0.3, -0.25) is 4.79 Å². The van der Waals surface area contributed by atoms with Crippen molar-refractivity contribution in [2.75, 3.05) is 5.32 Å². The maximum Gasteiger partial charge on any atom is 0.319 e. The molecule has 7 heteroatoms. The van der Waals surface area contributed by atoms with E-state index in [-0.39, 0.29) is 5.91 Å². The lowest BCUT2D eigenvalue weighted by Crippen LogP contribution is -2.46. The number of benzene rings is 2. The zero-order chi connectivity index (χ0) is 19.7. The summed E-state index contributed by atoms with van der Waals surface area (Å²) in [6, 6.07) is 9.69. The Kier molecular flexibility index (Phi) is 5.44. The lowest BCUT2D eigenvalue weighted by atomic mass is 9.94. The minimum absolute atomic E-state index is 0.319. The Morgan fingerprint density at radius 3 is 2.33 bits per heavy atom. The number of carbonyl (C=O) groups excluding carboxylic acids is 2. The molecule has 3 N–H and O–H groups in total. The fourth-order valence-corrected chi connectivity index (χ4v) is 3.73. The Hall–Kier alpha value is -2.50. The summed E-state index contributed by atoms with van der Waals surface area (Å²) >= 11 is 12.3. The number of allylic oxidation sites excluding steroid dienone is 1. The molecular weight excluding hydrogens is 385 g/mol. The van der Waals surface area contributed by atoms with E-state index < -0.39 is 12.1 Å². The molecule has 0 aromatic heterocycles. The first-order chi connectivity index (χ1) is 12.7. The quantitative estimate of drug-likeness (QED) is 0.683. The fourth-order valence-electron chi connectivity index (χ4n) is 3.21. The van der Waals surface area contributed by atoms with E-state index in [2.05, 4.69) is 16.0 Å². The number of aryl methyl sites for hydroxylation is 2. The van der Waals surface area contributed by atoms with Crippen LogP contribution in [0.4, 0.5) is 10.5 Å². The lowest BCUT2D eigenvalue weighted by Gasteiger charge is -2.29. The number of hydrogen-bond donors (Lipinski definition) is 3. The van der Waals surface area contributed by atoms with E-state index in [1.807, 2.05) is 32.0 Å². The van der Waals surface area contributed by atoms with Gasteiger partial charge in [-0.15, -0.1) is 0 Å². The monoisotopic (exact) mass is 403 g/mol. The SMILES string of the molecule is CC1=C(C(=O)Nc2cc(C)cc(C)c2)[C@H](c2ccc(Cl)cc2Cl)NC(=O)N1. The van der Waals surface area contributed by atoms with Gasteiger partial charge in [0.15, 0.2) is 0 Å². The van der Waals surface area contributed by atoms with Gasteiger partial charge >= 0.3 is 6.03 Å². The maximum absolute atomic E-state index is 13.0. The number of rotatable bonds is 3. The molecule has 5 nitrogen and oxygen atoms in total. The molecule has 3 rings (SSSR count). The van der Waals surface area contributed by atoms with Crippen LogP contribution in [-0.2, 0) is 4.79 Å². The Labute approximate surface area is 167 Å². The Morgan fingerprint density at radius 1 is 1.04 bits per heavy atom. The first kappa shape index (κ1) is 19.3. The van der Waals surface area contributed by atoms with E-state index in [0.717, 1.165) is 11.1 Å². The number of amides is 3. The number of anilines is 1. The summed E-state index contributed by atoms with van der Waals surface area (Å²) in [5.74, 6) is -0.319. The fraction of sp³-hybridized carbons (Fsp3) is 0.200. The normalized spacial score (nSPS) is 16.6. The molecule has 1 heterocycles. The van der Waals surface area contributed by atoms with Crippen molar-refractivity contribution in [3.8, 4) is 0 Å². The number of halogens is 2. The standard InChI is InChI=1S/C20H19Cl2N3O2/c1-10-6-11(2)8-14(7-10)24-19(26)17-12(3)23-20(27)25-18(17)15-5-4-13(21)9-16(15)22/h4-9,18H,1-3H3,(H,24,26)(H2,23,25,27)/t18-/m0/s1. The Balaban J connectivity index is 1.99. The predicted molar refractivity (Wildman–Crippen MR) is 108 cm³/mol. The molecule has 0 unspecified atom stereocenters. The van der Waals surface area contributed by atoms with Crippen LogP contribution in [0.3, 0.4) is 0 Å². The minimum Gasteiger partial charge on any atom is -0.327 e. The summed E-state index contributed by atoms with van der Waals surface area (Å²) in [5, 5.41) is 9.18. The van der Waals surface area contributed by atoms with Crippen molar-refractivity contribution in [2.45, 2.75) is 26.8 Å². The van der Waals surface area contributed by atoms with Crippen molar-refractivity contribution >= 4 is 40.8 Å². The second-order valence-corrected chi connectivity index (χ2v) is 7.41. The van der Waals surface area contributed by atoms with Crippen molar-refractivity contribution in [3.63, 3.8) is 0 Å². The van der Waals surface area contributed by atoms with Gasteiger partial charge in [-0.25, -0.2) is 4.79 Å². The van der Waals surface area contributed by atoms with Gasteiger partial charge in [0.1, 0.15) is 0 Å². The van der Waals surface area contributed by atoms with Crippen LogP contribution in [0.15, 0.2) is 47.7 Å². The first-order valence-electron chi connectivity index (χ1n) is 8.37. The van der Waals surface area contributed by atoms with Crippen LogP contribution >= 0.6 is 23.2 Å². The van der Waals surface area contributed by atoms with Gasteiger partial charge in [0, 0.05) is 21.4 Å². The van der Waals surface area contributed by atoms with Gasteiger partial charge < -0.3 is 16.0 Å². The molecule has 1 aliphatic heterocycles. The number of hydrogen-bond acceptors (Lipinski definition) is 2. The highest BCUT2D eigenvalue weighted by Crippen LogP contribution is 2.33. The molecule has 0 bridgehead atoms. The van der Waals surface area contributed by atoms with Crippen LogP contribution in [0.1, 0.15) is 29.7 Å². The number of urea groups is 1. The van der Waals surface area contributed by atoms with Gasteiger partial charge in [-0.2, -0.15) is 0 Å². The highest BCUT2D eigenvalue weighted by atomic mass is 35.5. The van der Waals surface area contributed by atoms with Crippen LogP contribution in [0.25, 0.3) is 0 Å². The van der Waals surface area contributed by atoms with E-state index in [0.29, 0.717) is 32.6 Å². The molecular formula is C20H19Cl2N3O2. The molecule has 1 atom stereocenters. The van der Waals surface area contributed by atoms with E-state index in [9.17, 15) is 9.59 Å². The molecule has 0 radical (unpaired) electrons. The molecule has 0 aliphatic carbocycles. The summed E-state index contributed by atoms with van der Waals surface area (Å²) in [6.45, 7) is 5.61. The van der Waals surface area contributed by atoms with Gasteiger partial charge in [0.25, 0.3) is 5.91 Å². The van der Waals surface area contributed by atoms with Gasteiger partial charge in [-0.05, 0) is 61.7 Å². The summed E-state index contributed by atoms with van der Waals surface area (Å²) in [4.78, 5) is 25.0. The molecule has 0 saturated carbocycles.